The molecule has 0 atom stereocenters. The van der Waals surface area contributed by atoms with Crippen LogP contribution in [0.2, 0.25) is 0 Å². The van der Waals surface area contributed by atoms with Gasteiger partial charge in [-0.25, -0.2) is 0 Å². The van der Waals surface area contributed by atoms with Crippen molar-refractivity contribution in [3.63, 3.8) is 0 Å². The molecule has 0 bridgehead atoms. The van der Waals surface area contributed by atoms with Gasteiger partial charge in [-0.05, 0) is 69.7 Å². The maximum absolute atomic E-state index is 13.0. The molecule has 1 aromatic rings. The first kappa shape index (κ1) is 19.7. The maximum Gasteiger partial charge on any atom is 0.232 e. The summed E-state index contributed by atoms with van der Waals surface area (Å²) in [6.45, 7) is 6.99. The van der Waals surface area contributed by atoms with E-state index in [0.717, 1.165) is 41.9 Å². The van der Waals surface area contributed by atoms with Crippen LogP contribution in [0.3, 0.4) is 0 Å². The predicted octanol–water partition coefficient (Wildman–Crippen LogP) is 4.14. The zero-order chi connectivity index (χ0) is 16.4. The van der Waals surface area contributed by atoms with Crippen molar-refractivity contribution in [1.82, 2.24) is 10.2 Å². The van der Waals surface area contributed by atoms with E-state index in [4.69, 9.17) is 0 Å². The summed E-state index contributed by atoms with van der Waals surface area (Å²) in [5.74, 6) is 1.17. The Bertz CT molecular complexity index is 566. The van der Waals surface area contributed by atoms with E-state index in [2.05, 4.69) is 32.2 Å². The summed E-state index contributed by atoms with van der Waals surface area (Å²) in [5, 5.41) is 3.68. The Hall–Kier alpha value is -0.580. The van der Waals surface area contributed by atoms with Crippen LogP contribution in [0.5, 0.6) is 0 Å². The second kappa shape index (κ2) is 8.20. The van der Waals surface area contributed by atoms with Crippen LogP contribution in [0.25, 0.3) is 0 Å². The lowest BCUT2D eigenvalue weighted by molar-refractivity contribution is -0.137. The smallest absolute Gasteiger partial charge is 0.232 e. The molecule has 1 aliphatic carbocycles. The maximum atomic E-state index is 13.0. The lowest BCUT2D eigenvalue weighted by Crippen LogP contribution is -2.50. The van der Waals surface area contributed by atoms with Crippen LogP contribution < -0.4 is 5.32 Å². The molecule has 1 saturated carbocycles. The van der Waals surface area contributed by atoms with Crippen molar-refractivity contribution < 1.29 is 4.79 Å². The Morgan fingerprint density at radius 3 is 2.50 bits per heavy atom. The largest absolute Gasteiger partial charge is 0.342 e. The number of nitrogens with zero attached hydrogens (tertiary/aromatic N) is 1. The molecule has 2 fully saturated rings. The third-order valence-electron chi connectivity index (χ3n) is 5.26. The van der Waals surface area contributed by atoms with Crippen LogP contribution in [0.1, 0.15) is 45.1 Å². The average molecular weight is 416 g/mol. The fraction of sp³-hybridized carbons (Fsp3) is 0.632. The van der Waals surface area contributed by atoms with Crippen LogP contribution in [0, 0.1) is 5.92 Å². The third-order valence-corrected chi connectivity index (χ3v) is 5.75. The minimum atomic E-state index is -0.474. The standard InChI is InChI=1S/C19H27BrN2O.ClH/c1-19(2,15-4-3-5-16(20)12-15)18(23)22-10-8-17(9-11-22)21-13-14-6-7-14;/h3-5,12,14,17,21H,6-11,13H2,1-2H3;1H. The van der Waals surface area contributed by atoms with Gasteiger partial charge in [0.25, 0.3) is 0 Å². The van der Waals surface area contributed by atoms with Crippen molar-refractivity contribution >= 4 is 34.2 Å². The molecule has 0 unspecified atom stereocenters. The third kappa shape index (κ3) is 4.74. The summed E-state index contributed by atoms with van der Waals surface area (Å²) in [4.78, 5) is 15.1. The predicted molar refractivity (Wildman–Crippen MR) is 105 cm³/mol. The molecule has 0 aromatic heterocycles. The van der Waals surface area contributed by atoms with Crippen molar-refractivity contribution in [1.29, 1.82) is 0 Å². The Balaban J connectivity index is 0.00000208. The first-order valence-corrected chi connectivity index (χ1v) is 9.55. The summed E-state index contributed by atoms with van der Waals surface area (Å²) in [5.41, 5.74) is 0.601. The van der Waals surface area contributed by atoms with Gasteiger partial charge in [0.1, 0.15) is 0 Å². The van der Waals surface area contributed by atoms with Crippen molar-refractivity contribution in [3.05, 3.63) is 34.3 Å². The van der Waals surface area contributed by atoms with Crippen molar-refractivity contribution in [2.45, 2.75) is 51.0 Å². The fourth-order valence-electron chi connectivity index (χ4n) is 3.34. The second-order valence-electron chi connectivity index (χ2n) is 7.55. The van der Waals surface area contributed by atoms with Crippen LogP contribution >= 0.6 is 28.3 Å². The van der Waals surface area contributed by atoms with Crippen LogP contribution in [-0.4, -0.2) is 36.5 Å². The first-order valence-electron chi connectivity index (χ1n) is 8.75. The molecule has 0 radical (unpaired) electrons. The second-order valence-corrected chi connectivity index (χ2v) is 8.47. The number of halogens is 2. The number of amides is 1. The molecule has 0 spiro atoms. The van der Waals surface area contributed by atoms with Gasteiger partial charge < -0.3 is 10.2 Å². The number of hydrogen-bond acceptors (Lipinski definition) is 2. The van der Waals surface area contributed by atoms with Gasteiger partial charge in [-0.2, -0.15) is 0 Å². The summed E-state index contributed by atoms with van der Waals surface area (Å²) < 4.78 is 1.03. The van der Waals surface area contributed by atoms with Gasteiger partial charge in [0.2, 0.25) is 5.91 Å². The van der Waals surface area contributed by atoms with E-state index in [9.17, 15) is 4.79 Å². The van der Waals surface area contributed by atoms with Crippen molar-refractivity contribution in [3.8, 4) is 0 Å². The monoisotopic (exact) mass is 414 g/mol. The lowest BCUT2D eigenvalue weighted by Gasteiger charge is -2.37. The number of piperidine rings is 1. The van der Waals surface area contributed by atoms with E-state index < -0.39 is 5.41 Å². The number of benzene rings is 1. The highest BCUT2D eigenvalue weighted by Gasteiger charge is 2.35. The molecule has 3 rings (SSSR count). The summed E-state index contributed by atoms with van der Waals surface area (Å²) >= 11 is 3.51. The van der Waals surface area contributed by atoms with Gasteiger partial charge in [-0.1, -0.05) is 28.1 Å². The molecule has 24 heavy (non-hydrogen) atoms. The highest BCUT2D eigenvalue weighted by atomic mass is 79.9. The lowest BCUT2D eigenvalue weighted by atomic mass is 9.82. The average Bonchev–Trinajstić information content (AvgIpc) is 3.37. The van der Waals surface area contributed by atoms with Crippen LogP contribution in [0.4, 0.5) is 0 Å². The topological polar surface area (TPSA) is 32.3 Å². The van der Waals surface area contributed by atoms with Gasteiger partial charge in [0.05, 0.1) is 5.41 Å². The summed E-state index contributed by atoms with van der Waals surface area (Å²) in [6.07, 6.45) is 4.94. The molecule has 1 amide bonds. The Morgan fingerprint density at radius 2 is 1.92 bits per heavy atom. The molecular formula is C19H28BrClN2O. The molecule has 2 aliphatic rings. The summed E-state index contributed by atoms with van der Waals surface area (Å²) in [7, 11) is 0. The zero-order valence-electron chi connectivity index (χ0n) is 14.6. The van der Waals surface area contributed by atoms with E-state index in [1.807, 2.05) is 32.0 Å². The Labute approximate surface area is 160 Å². The number of nitrogens with one attached hydrogen (secondary N) is 1. The summed E-state index contributed by atoms with van der Waals surface area (Å²) in [6, 6.07) is 8.70. The van der Waals surface area contributed by atoms with Gasteiger partial charge in [-0.3, -0.25) is 4.79 Å². The van der Waals surface area contributed by atoms with Crippen molar-refractivity contribution in [2.75, 3.05) is 19.6 Å². The van der Waals surface area contributed by atoms with Crippen LogP contribution in [-0.2, 0) is 10.2 Å². The quantitative estimate of drug-likeness (QED) is 0.784. The Kier molecular flexibility index (Phi) is 6.74. The van der Waals surface area contributed by atoms with E-state index in [0.29, 0.717) is 6.04 Å². The van der Waals surface area contributed by atoms with Crippen LogP contribution in [0.15, 0.2) is 28.7 Å². The zero-order valence-corrected chi connectivity index (χ0v) is 17.0. The van der Waals surface area contributed by atoms with E-state index in [-0.39, 0.29) is 18.3 Å². The molecule has 1 N–H and O–H groups in total. The Morgan fingerprint density at radius 1 is 1.25 bits per heavy atom. The molecule has 1 aromatic carbocycles. The normalized spacial score (nSPS) is 19.0. The van der Waals surface area contributed by atoms with Gasteiger partial charge in [0.15, 0.2) is 0 Å². The van der Waals surface area contributed by atoms with E-state index in [1.165, 1.54) is 19.4 Å². The number of rotatable bonds is 5. The molecule has 1 heterocycles. The molecule has 1 saturated heterocycles. The van der Waals surface area contributed by atoms with E-state index in [1.54, 1.807) is 0 Å². The highest BCUT2D eigenvalue weighted by Crippen LogP contribution is 2.30. The number of likely N-dealkylation sites (tertiary alicyclic amines) is 1. The number of carbonyl (C=O) groups is 1. The minimum Gasteiger partial charge on any atom is -0.342 e. The fourth-order valence-corrected chi connectivity index (χ4v) is 3.74. The van der Waals surface area contributed by atoms with Gasteiger partial charge in [0, 0.05) is 23.6 Å². The molecule has 1 aliphatic heterocycles. The first-order chi connectivity index (χ1) is 11.0. The minimum absolute atomic E-state index is 0. The molecule has 134 valence electrons. The number of carbonyl (C=O) groups excluding carboxylic acids is 1. The van der Waals surface area contributed by atoms with Crippen molar-refractivity contribution in [2.24, 2.45) is 5.92 Å². The van der Waals surface area contributed by atoms with E-state index >= 15 is 0 Å². The molecule has 5 heteroatoms. The highest BCUT2D eigenvalue weighted by molar-refractivity contribution is 9.10. The molecular weight excluding hydrogens is 388 g/mol. The number of hydrogen-bond donors (Lipinski definition) is 1. The molecule has 3 nitrogen and oxygen atoms in total. The van der Waals surface area contributed by atoms with Gasteiger partial charge in [-0.15, -0.1) is 12.4 Å². The van der Waals surface area contributed by atoms with Gasteiger partial charge >= 0.3 is 0 Å². The SMILES string of the molecule is CC(C)(C(=O)N1CCC(NCC2CC2)CC1)c1cccc(Br)c1.Cl.